The number of nitrogens with one attached hydrogen (secondary N) is 2. The van der Waals surface area contributed by atoms with E-state index in [9.17, 15) is 8.42 Å². The Kier molecular flexibility index (Phi) is 4.75. The molecule has 0 fully saturated rings. The van der Waals surface area contributed by atoms with E-state index < -0.39 is 10.0 Å². The smallest absolute Gasteiger partial charge is 0.241 e. The maximum atomic E-state index is 12.4. The maximum Gasteiger partial charge on any atom is 0.241 e. The van der Waals surface area contributed by atoms with Crippen molar-refractivity contribution >= 4 is 20.8 Å². The van der Waals surface area contributed by atoms with E-state index in [4.69, 9.17) is 0 Å². The van der Waals surface area contributed by atoms with Crippen LogP contribution in [0.2, 0.25) is 0 Å². The Hall–Kier alpha value is -1.43. The first kappa shape index (κ1) is 15.0. The lowest BCUT2D eigenvalue weighted by Crippen LogP contribution is -2.38. The van der Waals surface area contributed by atoms with Gasteiger partial charge in [-0.25, -0.2) is 13.1 Å². The van der Waals surface area contributed by atoms with E-state index in [2.05, 4.69) is 10.0 Å². The van der Waals surface area contributed by atoms with Gasteiger partial charge in [0.05, 0.1) is 4.90 Å². The fraction of sp³-hybridized carbons (Fsp3) is 0.333. The van der Waals surface area contributed by atoms with Gasteiger partial charge >= 0.3 is 0 Å². The Balaban J connectivity index is 2.28. The largest absolute Gasteiger partial charge is 0.313 e. The van der Waals surface area contributed by atoms with Crippen molar-refractivity contribution in [3.63, 3.8) is 0 Å². The van der Waals surface area contributed by atoms with Crippen molar-refractivity contribution in [1.29, 1.82) is 0 Å². The number of fused-ring (bicyclic) bond motifs is 1. The highest BCUT2D eigenvalue weighted by molar-refractivity contribution is 7.89. The van der Waals surface area contributed by atoms with Crippen LogP contribution in [-0.4, -0.2) is 27.5 Å². The molecule has 0 spiro atoms. The molecule has 5 heteroatoms. The van der Waals surface area contributed by atoms with Gasteiger partial charge in [0.25, 0.3) is 0 Å². The monoisotopic (exact) mass is 292 g/mol. The Morgan fingerprint density at radius 3 is 2.55 bits per heavy atom. The molecule has 0 heterocycles. The van der Waals surface area contributed by atoms with Crippen LogP contribution in [0.3, 0.4) is 0 Å². The molecule has 2 aromatic carbocycles. The number of rotatable bonds is 6. The fourth-order valence-electron chi connectivity index (χ4n) is 2.16. The third kappa shape index (κ3) is 3.36. The van der Waals surface area contributed by atoms with E-state index in [1.165, 1.54) is 0 Å². The molecule has 2 aromatic rings. The molecule has 0 aromatic heterocycles. The lowest BCUT2D eigenvalue weighted by Gasteiger charge is -2.14. The predicted molar refractivity (Wildman–Crippen MR) is 82.3 cm³/mol. The van der Waals surface area contributed by atoms with Crippen LogP contribution in [0.15, 0.2) is 47.4 Å². The SMILES string of the molecule is CCN[C@H](C)CNS(=O)(=O)c1cccc2ccccc12. The molecule has 0 aliphatic carbocycles. The second kappa shape index (κ2) is 6.35. The van der Waals surface area contributed by atoms with Gasteiger partial charge in [0, 0.05) is 18.0 Å². The van der Waals surface area contributed by atoms with E-state index in [0.29, 0.717) is 11.4 Å². The average molecular weight is 292 g/mol. The summed E-state index contributed by atoms with van der Waals surface area (Å²) in [6.45, 7) is 5.14. The molecule has 4 nitrogen and oxygen atoms in total. The number of sulfonamides is 1. The topological polar surface area (TPSA) is 58.2 Å². The van der Waals surface area contributed by atoms with Crippen LogP contribution < -0.4 is 10.0 Å². The quantitative estimate of drug-likeness (QED) is 0.857. The average Bonchev–Trinajstić information content (AvgIpc) is 2.45. The van der Waals surface area contributed by atoms with Gasteiger partial charge in [-0.2, -0.15) is 0 Å². The number of hydrogen-bond donors (Lipinski definition) is 2. The molecule has 20 heavy (non-hydrogen) atoms. The zero-order chi connectivity index (χ0) is 14.6. The van der Waals surface area contributed by atoms with E-state index in [1.807, 2.05) is 44.2 Å². The summed E-state index contributed by atoms with van der Waals surface area (Å²) in [7, 11) is -3.49. The van der Waals surface area contributed by atoms with Crippen molar-refractivity contribution in [3.05, 3.63) is 42.5 Å². The maximum absolute atomic E-state index is 12.4. The number of benzene rings is 2. The Morgan fingerprint density at radius 2 is 1.80 bits per heavy atom. The van der Waals surface area contributed by atoms with Crippen molar-refractivity contribution < 1.29 is 8.42 Å². The summed E-state index contributed by atoms with van der Waals surface area (Å²) in [6, 6.07) is 12.9. The van der Waals surface area contributed by atoms with Crippen LogP contribution in [0.25, 0.3) is 10.8 Å². The molecule has 0 unspecified atom stereocenters. The van der Waals surface area contributed by atoms with Gasteiger partial charge in [0.1, 0.15) is 0 Å². The van der Waals surface area contributed by atoms with E-state index in [-0.39, 0.29) is 6.04 Å². The van der Waals surface area contributed by atoms with Crippen LogP contribution in [0.5, 0.6) is 0 Å². The minimum Gasteiger partial charge on any atom is -0.313 e. The molecule has 2 N–H and O–H groups in total. The molecule has 0 bridgehead atoms. The Morgan fingerprint density at radius 1 is 1.10 bits per heavy atom. The van der Waals surface area contributed by atoms with Gasteiger partial charge in [-0.3, -0.25) is 0 Å². The molecule has 1 atom stereocenters. The van der Waals surface area contributed by atoms with Gasteiger partial charge in [-0.15, -0.1) is 0 Å². The summed E-state index contributed by atoms with van der Waals surface area (Å²) in [5, 5.41) is 4.85. The summed E-state index contributed by atoms with van der Waals surface area (Å²) in [5.41, 5.74) is 0. The van der Waals surface area contributed by atoms with Crippen LogP contribution in [0.4, 0.5) is 0 Å². The van der Waals surface area contributed by atoms with Crippen molar-refractivity contribution in [2.24, 2.45) is 0 Å². The summed E-state index contributed by atoms with van der Waals surface area (Å²) in [5.74, 6) is 0. The lowest BCUT2D eigenvalue weighted by molar-refractivity contribution is 0.536. The van der Waals surface area contributed by atoms with Gasteiger partial charge in [0.15, 0.2) is 0 Å². The summed E-state index contributed by atoms with van der Waals surface area (Å²) < 4.78 is 27.5. The molecule has 0 saturated heterocycles. The van der Waals surface area contributed by atoms with Crippen molar-refractivity contribution in [2.75, 3.05) is 13.1 Å². The predicted octanol–water partition coefficient (Wildman–Crippen LogP) is 2.12. The first-order valence-corrected chi connectivity index (χ1v) is 8.23. The van der Waals surface area contributed by atoms with Gasteiger partial charge in [0.2, 0.25) is 10.0 Å². The minimum absolute atomic E-state index is 0.102. The van der Waals surface area contributed by atoms with E-state index in [0.717, 1.165) is 17.3 Å². The Labute approximate surface area is 120 Å². The highest BCUT2D eigenvalue weighted by Gasteiger charge is 2.17. The number of hydrogen-bond acceptors (Lipinski definition) is 3. The highest BCUT2D eigenvalue weighted by atomic mass is 32.2. The van der Waals surface area contributed by atoms with Crippen LogP contribution >= 0.6 is 0 Å². The first-order valence-electron chi connectivity index (χ1n) is 6.75. The van der Waals surface area contributed by atoms with Gasteiger partial charge < -0.3 is 5.32 Å². The van der Waals surface area contributed by atoms with Gasteiger partial charge in [-0.05, 0) is 24.9 Å². The van der Waals surface area contributed by atoms with Crippen LogP contribution in [0, 0.1) is 0 Å². The molecule has 0 radical (unpaired) electrons. The van der Waals surface area contributed by atoms with Crippen molar-refractivity contribution in [1.82, 2.24) is 10.0 Å². The number of likely N-dealkylation sites (N-methyl/N-ethyl adjacent to an activating group) is 1. The van der Waals surface area contributed by atoms with E-state index >= 15 is 0 Å². The second-order valence-corrected chi connectivity index (χ2v) is 6.52. The Bertz CT molecular complexity index is 678. The molecule has 0 saturated carbocycles. The lowest BCUT2D eigenvalue weighted by atomic mass is 10.1. The fourth-order valence-corrected chi connectivity index (χ4v) is 3.52. The molecule has 0 aliphatic heterocycles. The summed E-state index contributed by atoms with van der Waals surface area (Å²) in [4.78, 5) is 0.333. The molecule has 0 aliphatic rings. The third-order valence-corrected chi connectivity index (χ3v) is 4.65. The van der Waals surface area contributed by atoms with Crippen molar-refractivity contribution in [2.45, 2.75) is 24.8 Å². The molecular weight excluding hydrogens is 272 g/mol. The standard InChI is InChI=1S/C15H20N2O2S/c1-3-16-12(2)11-17-20(18,19)15-10-6-8-13-7-4-5-9-14(13)15/h4-10,12,16-17H,3,11H2,1-2H3/t12-/m1/s1. The third-order valence-electron chi connectivity index (χ3n) is 3.17. The zero-order valence-corrected chi connectivity index (χ0v) is 12.6. The summed E-state index contributed by atoms with van der Waals surface area (Å²) >= 11 is 0. The molecular formula is C15H20N2O2S. The summed E-state index contributed by atoms with van der Waals surface area (Å²) in [6.07, 6.45) is 0. The molecule has 2 rings (SSSR count). The van der Waals surface area contributed by atoms with Gasteiger partial charge in [-0.1, -0.05) is 43.3 Å². The zero-order valence-electron chi connectivity index (χ0n) is 11.8. The van der Waals surface area contributed by atoms with Crippen LogP contribution in [0.1, 0.15) is 13.8 Å². The van der Waals surface area contributed by atoms with Crippen LogP contribution in [-0.2, 0) is 10.0 Å². The van der Waals surface area contributed by atoms with E-state index in [1.54, 1.807) is 12.1 Å². The second-order valence-electron chi connectivity index (χ2n) is 4.79. The normalized spacial score (nSPS) is 13.5. The highest BCUT2D eigenvalue weighted by Crippen LogP contribution is 2.22. The minimum atomic E-state index is -3.49. The molecule has 0 amide bonds. The first-order chi connectivity index (χ1) is 9.54. The molecule has 108 valence electrons. The van der Waals surface area contributed by atoms with Crippen molar-refractivity contribution in [3.8, 4) is 0 Å².